The average Bonchev–Trinajstić information content (AvgIpc) is 3.19. The van der Waals surface area contributed by atoms with Gasteiger partial charge in [-0.2, -0.15) is 4.80 Å². The van der Waals surface area contributed by atoms with Crippen molar-refractivity contribution in [2.24, 2.45) is 0 Å². The van der Waals surface area contributed by atoms with E-state index in [-0.39, 0.29) is 12.5 Å². The van der Waals surface area contributed by atoms with Crippen molar-refractivity contribution in [3.05, 3.63) is 45.8 Å². The highest BCUT2D eigenvalue weighted by atomic mass is 32.1. The molecule has 0 unspecified atom stereocenters. The first-order valence-corrected chi connectivity index (χ1v) is 9.04. The van der Waals surface area contributed by atoms with Crippen LogP contribution in [0.3, 0.4) is 0 Å². The molecule has 0 radical (unpaired) electrons. The van der Waals surface area contributed by atoms with E-state index < -0.39 is 5.97 Å². The predicted octanol–water partition coefficient (Wildman–Crippen LogP) is 2.75. The SMILES string of the molecule is COC(=O)c1c(NC(=O)Cn2nnc(-c3ccccc3C)n2)sc(C)c1C. The molecule has 0 aliphatic heterocycles. The maximum absolute atomic E-state index is 12.4. The van der Waals surface area contributed by atoms with Crippen molar-refractivity contribution in [3.63, 3.8) is 0 Å². The van der Waals surface area contributed by atoms with Gasteiger partial charge in [0.05, 0.1) is 12.7 Å². The quantitative estimate of drug-likeness (QED) is 0.678. The zero-order valence-corrected chi connectivity index (χ0v) is 16.3. The Morgan fingerprint density at radius 1 is 1.22 bits per heavy atom. The fourth-order valence-corrected chi connectivity index (χ4v) is 3.66. The van der Waals surface area contributed by atoms with Crippen LogP contribution in [0.2, 0.25) is 0 Å². The number of rotatable bonds is 5. The summed E-state index contributed by atoms with van der Waals surface area (Å²) >= 11 is 1.33. The van der Waals surface area contributed by atoms with Crippen molar-refractivity contribution in [3.8, 4) is 11.4 Å². The van der Waals surface area contributed by atoms with Crippen molar-refractivity contribution in [2.45, 2.75) is 27.3 Å². The van der Waals surface area contributed by atoms with Gasteiger partial charge in [-0.1, -0.05) is 24.3 Å². The molecule has 0 aliphatic rings. The maximum Gasteiger partial charge on any atom is 0.341 e. The number of methoxy groups -OCH3 is 1. The van der Waals surface area contributed by atoms with Gasteiger partial charge < -0.3 is 10.1 Å². The van der Waals surface area contributed by atoms with Crippen LogP contribution in [0.15, 0.2) is 24.3 Å². The highest BCUT2D eigenvalue weighted by molar-refractivity contribution is 7.16. The highest BCUT2D eigenvalue weighted by Gasteiger charge is 2.22. The number of tetrazole rings is 1. The zero-order valence-electron chi connectivity index (χ0n) is 15.4. The lowest BCUT2D eigenvalue weighted by Gasteiger charge is -2.05. The molecule has 0 fully saturated rings. The minimum atomic E-state index is -0.479. The first kappa shape index (κ1) is 18.7. The molecule has 2 aromatic heterocycles. The van der Waals surface area contributed by atoms with E-state index in [0.717, 1.165) is 21.6 Å². The Bertz CT molecular complexity index is 1010. The van der Waals surface area contributed by atoms with Gasteiger partial charge in [-0.25, -0.2) is 4.79 Å². The smallest absolute Gasteiger partial charge is 0.341 e. The third-order valence-corrected chi connectivity index (χ3v) is 5.27. The van der Waals surface area contributed by atoms with Crippen LogP contribution in [0.4, 0.5) is 5.00 Å². The molecule has 1 aromatic carbocycles. The number of benzene rings is 1. The summed E-state index contributed by atoms with van der Waals surface area (Å²) in [5, 5.41) is 15.4. The van der Waals surface area contributed by atoms with Crippen LogP contribution in [0.5, 0.6) is 0 Å². The van der Waals surface area contributed by atoms with Gasteiger partial charge in [0.1, 0.15) is 11.5 Å². The molecule has 3 aromatic rings. The van der Waals surface area contributed by atoms with Crippen molar-refractivity contribution >= 4 is 28.2 Å². The number of thiophene rings is 1. The predicted molar refractivity (Wildman–Crippen MR) is 102 cm³/mol. The van der Waals surface area contributed by atoms with E-state index >= 15 is 0 Å². The summed E-state index contributed by atoms with van der Waals surface area (Å²) < 4.78 is 4.81. The van der Waals surface area contributed by atoms with Crippen molar-refractivity contribution in [2.75, 3.05) is 12.4 Å². The Morgan fingerprint density at radius 2 is 1.96 bits per heavy atom. The van der Waals surface area contributed by atoms with E-state index in [9.17, 15) is 9.59 Å². The van der Waals surface area contributed by atoms with Crippen molar-refractivity contribution in [1.29, 1.82) is 0 Å². The number of carbonyl (C=O) groups is 2. The summed E-state index contributed by atoms with van der Waals surface area (Å²) in [5.41, 5.74) is 3.05. The van der Waals surface area contributed by atoms with Gasteiger partial charge in [-0.15, -0.1) is 21.5 Å². The molecule has 2 heterocycles. The molecule has 1 amide bonds. The number of aryl methyl sites for hydroxylation is 2. The normalized spacial score (nSPS) is 10.7. The van der Waals surface area contributed by atoms with Crippen LogP contribution in [0.25, 0.3) is 11.4 Å². The number of hydrogen-bond acceptors (Lipinski definition) is 7. The number of ether oxygens (including phenoxy) is 1. The summed E-state index contributed by atoms with van der Waals surface area (Å²) in [6.07, 6.45) is 0. The number of carbonyl (C=O) groups excluding carboxylic acids is 2. The topological polar surface area (TPSA) is 99.0 Å². The van der Waals surface area contributed by atoms with E-state index in [1.807, 2.05) is 45.0 Å². The first-order chi connectivity index (χ1) is 12.9. The van der Waals surface area contributed by atoms with Crippen LogP contribution in [-0.4, -0.2) is 39.2 Å². The van der Waals surface area contributed by atoms with Crippen molar-refractivity contribution < 1.29 is 14.3 Å². The molecule has 27 heavy (non-hydrogen) atoms. The van der Waals surface area contributed by atoms with Gasteiger partial charge in [0.25, 0.3) is 0 Å². The average molecular weight is 385 g/mol. The van der Waals surface area contributed by atoms with E-state index in [4.69, 9.17) is 4.74 Å². The second-order valence-corrected chi connectivity index (χ2v) is 7.21. The van der Waals surface area contributed by atoms with Gasteiger partial charge in [-0.3, -0.25) is 4.79 Å². The lowest BCUT2D eigenvalue weighted by atomic mass is 10.1. The summed E-state index contributed by atoms with van der Waals surface area (Å²) in [5.74, 6) is -0.373. The van der Waals surface area contributed by atoms with Crippen LogP contribution in [0.1, 0.15) is 26.4 Å². The molecule has 0 bridgehead atoms. The summed E-state index contributed by atoms with van der Waals surface area (Å²) in [6, 6.07) is 7.68. The fourth-order valence-electron chi connectivity index (χ4n) is 2.60. The molecule has 140 valence electrons. The Labute approximate surface area is 160 Å². The largest absolute Gasteiger partial charge is 0.465 e. The molecule has 0 atom stereocenters. The molecule has 1 N–H and O–H groups in total. The first-order valence-electron chi connectivity index (χ1n) is 8.22. The zero-order chi connectivity index (χ0) is 19.6. The summed E-state index contributed by atoms with van der Waals surface area (Å²) in [7, 11) is 1.31. The van der Waals surface area contributed by atoms with Gasteiger partial charge >= 0.3 is 5.97 Å². The Hall–Kier alpha value is -3.07. The van der Waals surface area contributed by atoms with E-state index in [1.54, 1.807) is 0 Å². The van der Waals surface area contributed by atoms with E-state index in [0.29, 0.717) is 16.4 Å². The second-order valence-electron chi connectivity index (χ2n) is 5.99. The molecular formula is C18H19N5O3S. The lowest BCUT2D eigenvalue weighted by molar-refractivity contribution is -0.117. The molecule has 0 saturated heterocycles. The standard InChI is InChI=1S/C18H19N5O3S/c1-10-7-5-6-8-13(10)16-20-22-23(21-16)9-14(24)19-17-15(18(25)26-4)11(2)12(3)27-17/h5-8H,9H2,1-4H3,(H,19,24). The molecular weight excluding hydrogens is 366 g/mol. The number of nitrogens with zero attached hydrogens (tertiary/aromatic N) is 4. The number of hydrogen-bond donors (Lipinski definition) is 1. The van der Waals surface area contributed by atoms with Crippen LogP contribution in [0, 0.1) is 20.8 Å². The lowest BCUT2D eigenvalue weighted by Crippen LogP contribution is -2.21. The van der Waals surface area contributed by atoms with Gasteiger partial charge in [0.2, 0.25) is 11.7 Å². The van der Waals surface area contributed by atoms with Gasteiger partial charge in [-0.05, 0) is 37.1 Å². The minimum Gasteiger partial charge on any atom is -0.465 e. The molecule has 0 spiro atoms. The van der Waals surface area contributed by atoms with E-state index in [1.165, 1.54) is 23.2 Å². The number of aromatic nitrogens is 4. The van der Waals surface area contributed by atoms with Crippen LogP contribution in [-0.2, 0) is 16.1 Å². The Balaban J connectivity index is 1.75. The fraction of sp³-hybridized carbons (Fsp3) is 0.278. The monoisotopic (exact) mass is 385 g/mol. The second kappa shape index (κ2) is 7.67. The summed E-state index contributed by atoms with van der Waals surface area (Å²) in [4.78, 5) is 26.5. The maximum atomic E-state index is 12.4. The molecule has 9 heteroatoms. The highest BCUT2D eigenvalue weighted by Crippen LogP contribution is 2.32. The third-order valence-electron chi connectivity index (χ3n) is 4.15. The number of esters is 1. The minimum absolute atomic E-state index is 0.116. The number of anilines is 1. The molecule has 0 saturated carbocycles. The Morgan fingerprint density at radius 3 is 2.67 bits per heavy atom. The van der Waals surface area contributed by atoms with E-state index in [2.05, 4.69) is 20.7 Å². The van der Waals surface area contributed by atoms with Gasteiger partial charge in [0, 0.05) is 10.4 Å². The van der Waals surface area contributed by atoms with Crippen LogP contribution >= 0.6 is 11.3 Å². The molecule has 0 aliphatic carbocycles. The summed E-state index contributed by atoms with van der Waals surface area (Å²) in [6.45, 7) is 5.55. The van der Waals surface area contributed by atoms with Crippen LogP contribution < -0.4 is 5.32 Å². The van der Waals surface area contributed by atoms with Gasteiger partial charge in [0.15, 0.2) is 0 Å². The number of nitrogens with one attached hydrogen (secondary N) is 1. The third kappa shape index (κ3) is 3.87. The van der Waals surface area contributed by atoms with Crippen molar-refractivity contribution in [1.82, 2.24) is 20.2 Å². The molecule has 3 rings (SSSR count). The molecule has 8 nitrogen and oxygen atoms in total. The Kier molecular flexibility index (Phi) is 5.31. The number of amides is 1.